The van der Waals surface area contributed by atoms with Gasteiger partial charge < -0.3 is 10.2 Å². The third-order valence-corrected chi connectivity index (χ3v) is 5.73. The van der Waals surface area contributed by atoms with E-state index in [0.29, 0.717) is 6.04 Å². The first kappa shape index (κ1) is 15.1. The number of nitrogens with one attached hydrogen (secondary N) is 1. The summed E-state index contributed by atoms with van der Waals surface area (Å²) in [5.41, 5.74) is 0.625. The molecule has 0 bridgehead atoms. The van der Waals surface area contributed by atoms with Crippen LogP contribution in [0, 0.1) is 11.7 Å². The average molecular weight is 316 g/mol. The molecule has 3 fully saturated rings. The summed E-state index contributed by atoms with van der Waals surface area (Å²) in [4.78, 5) is 15.0. The summed E-state index contributed by atoms with van der Waals surface area (Å²) in [6.45, 7) is 2.85. The number of halogens is 1. The number of rotatable bonds is 5. The molecule has 4 rings (SSSR count). The van der Waals surface area contributed by atoms with Gasteiger partial charge in [0, 0.05) is 19.1 Å². The smallest absolute Gasteiger partial charge is 0.233 e. The molecule has 0 aromatic heterocycles. The lowest BCUT2D eigenvalue weighted by molar-refractivity contribution is -0.135. The highest BCUT2D eigenvalue weighted by Crippen LogP contribution is 2.49. The van der Waals surface area contributed by atoms with Gasteiger partial charge in [-0.15, -0.1) is 0 Å². The van der Waals surface area contributed by atoms with Gasteiger partial charge >= 0.3 is 0 Å². The van der Waals surface area contributed by atoms with Crippen LogP contribution < -0.4 is 5.32 Å². The predicted octanol–water partition coefficient (Wildman–Crippen LogP) is 2.85. The number of hydrogen-bond acceptors (Lipinski definition) is 2. The second-order valence-electron chi connectivity index (χ2n) is 7.51. The van der Waals surface area contributed by atoms with E-state index in [1.165, 1.54) is 25.0 Å². The van der Waals surface area contributed by atoms with Gasteiger partial charge in [0.15, 0.2) is 0 Å². The van der Waals surface area contributed by atoms with Crippen molar-refractivity contribution in [1.82, 2.24) is 10.2 Å². The van der Waals surface area contributed by atoms with E-state index in [1.807, 2.05) is 4.90 Å². The van der Waals surface area contributed by atoms with Gasteiger partial charge in [-0.25, -0.2) is 4.39 Å². The zero-order chi connectivity index (χ0) is 15.9. The van der Waals surface area contributed by atoms with Crippen molar-refractivity contribution in [3.63, 3.8) is 0 Å². The Bertz CT molecular complexity index is 570. The molecule has 1 aromatic carbocycles. The van der Waals surface area contributed by atoms with E-state index < -0.39 is 0 Å². The lowest BCUT2D eigenvalue weighted by Gasteiger charge is -2.35. The highest BCUT2D eigenvalue weighted by Gasteiger charge is 2.53. The molecule has 2 saturated carbocycles. The second kappa shape index (κ2) is 5.90. The maximum atomic E-state index is 13.1. The molecule has 1 aliphatic heterocycles. The number of carbonyl (C=O) groups is 1. The Balaban J connectivity index is 1.35. The SMILES string of the molecule is O=C(N1CCC(NCC2CC2)CC1)C1(c2ccc(F)cc2)CC1. The monoisotopic (exact) mass is 316 g/mol. The third-order valence-electron chi connectivity index (χ3n) is 5.73. The first-order valence-corrected chi connectivity index (χ1v) is 8.96. The minimum Gasteiger partial charge on any atom is -0.342 e. The van der Waals surface area contributed by atoms with Gasteiger partial charge in [0.1, 0.15) is 5.82 Å². The lowest BCUT2D eigenvalue weighted by Crippen LogP contribution is -2.48. The fourth-order valence-electron chi connectivity index (χ4n) is 3.76. The lowest BCUT2D eigenvalue weighted by atomic mass is 9.93. The van der Waals surface area contributed by atoms with Crippen LogP contribution in [-0.4, -0.2) is 36.5 Å². The van der Waals surface area contributed by atoms with Gasteiger partial charge in [0.25, 0.3) is 0 Å². The van der Waals surface area contributed by atoms with Crippen molar-refractivity contribution in [1.29, 1.82) is 0 Å². The summed E-state index contributed by atoms with van der Waals surface area (Å²) in [6.07, 6.45) is 6.67. The summed E-state index contributed by atoms with van der Waals surface area (Å²) >= 11 is 0. The van der Waals surface area contributed by atoms with Crippen LogP contribution in [-0.2, 0) is 10.2 Å². The van der Waals surface area contributed by atoms with Gasteiger partial charge in [-0.05, 0) is 68.7 Å². The van der Waals surface area contributed by atoms with Crippen molar-refractivity contribution in [3.8, 4) is 0 Å². The van der Waals surface area contributed by atoms with Gasteiger partial charge in [-0.1, -0.05) is 12.1 Å². The molecular formula is C19H25FN2O. The summed E-state index contributed by atoms with van der Waals surface area (Å²) in [5.74, 6) is 0.923. The van der Waals surface area contributed by atoms with E-state index in [-0.39, 0.29) is 17.1 Å². The molecule has 3 nitrogen and oxygen atoms in total. The fraction of sp³-hybridized carbons (Fsp3) is 0.632. The van der Waals surface area contributed by atoms with Crippen LogP contribution in [0.2, 0.25) is 0 Å². The quantitative estimate of drug-likeness (QED) is 0.906. The number of carbonyl (C=O) groups excluding carboxylic acids is 1. The second-order valence-corrected chi connectivity index (χ2v) is 7.51. The van der Waals surface area contributed by atoms with E-state index in [9.17, 15) is 9.18 Å². The molecule has 3 aliphatic rings. The maximum absolute atomic E-state index is 13.1. The Morgan fingerprint density at radius 2 is 1.78 bits per heavy atom. The van der Waals surface area contributed by atoms with Crippen LogP contribution in [0.15, 0.2) is 24.3 Å². The Labute approximate surface area is 137 Å². The van der Waals surface area contributed by atoms with Gasteiger partial charge in [-0.3, -0.25) is 4.79 Å². The number of nitrogens with zero attached hydrogens (tertiary/aromatic N) is 1. The van der Waals surface area contributed by atoms with Crippen LogP contribution in [0.5, 0.6) is 0 Å². The third kappa shape index (κ3) is 3.14. The zero-order valence-corrected chi connectivity index (χ0v) is 13.6. The molecule has 2 aliphatic carbocycles. The minimum absolute atomic E-state index is 0.237. The molecule has 1 heterocycles. The van der Waals surface area contributed by atoms with Gasteiger partial charge in [-0.2, -0.15) is 0 Å². The molecule has 0 radical (unpaired) electrons. The van der Waals surface area contributed by atoms with Crippen molar-refractivity contribution < 1.29 is 9.18 Å². The largest absolute Gasteiger partial charge is 0.342 e. The normalized spacial score (nSPS) is 23.8. The van der Waals surface area contributed by atoms with Gasteiger partial charge in [0.2, 0.25) is 5.91 Å². The van der Waals surface area contributed by atoms with Crippen LogP contribution in [0.1, 0.15) is 44.1 Å². The standard InChI is InChI=1S/C19H25FN2O/c20-16-5-3-15(4-6-16)19(9-10-19)18(23)22-11-7-17(8-12-22)21-13-14-1-2-14/h3-6,14,17,21H,1-2,7-13H2. The van der Waals surface area contributed by atoms with E-state index in [1.54, 1.807) is 12.1 Å². The molecule has 1 saturated heterocycles. The molecule has 1 aromatic rings. The summed E-state index contributed by atoms with van der Waals surface area (Å²) < 4.78 is 13.1. The van der Waals surface area contributed by atoms with Crippen molar-refractivity contribution >= 4 is 5.91 Å². The number of benzene rings is 1. The molecule has 1 amide bonds. The Morgan fingerprint density at radius 1 is 1.13 bits per heavy atom. The summed E-state index contributed by atoms with van der Waals surface area (Å²) in [6, 6.07) is 7.07. The number of amides is 1. The molecular weight excluding hydrogens is 291 g/mol. The first-order chi connectivity index (χ1) is 11.2. The molecule has 0 spiro atoms. The fourth-order valence-corrected chi connectivity index (χ4v) is 3.76. The Morgan fingerprint density at radius 3 is 2.35 bits per heavy atom. The average Bonchev–Trinajstić information content (AvgIpc) is 3.48. The first-order valence-electron chi connectivity index (χ1n) is 8.96. The van der Waals surface area contributed by atoms with Crippen LogP contribution in [0.3, 0.4) is 0 Å². The maximum Gasteiger partial charge on any atom is 0.233 e. The molecule has 4 heteroatoms. The Hall–Kier alpha value is -1.42. The topological polar surface area (TPSA) is 32.3 Å². The van der Waals surface area contributed by atoms with Crippen molar-refractivity contribution in [2.75, 3.05) is 19.6 Å². The summed E-state index contributed by atoms with van der Waals surface area (Å²) in [5, 5.41) is 3.66. The number of hydrogen-bond donors (Lipinski definition) is 1. The van der Waals surface area contributed by atoms with Gasteiger partial charge in [0.05, 0.1) is 5.41 Å². The predicted molar refractivity (Wildman–Crippen MR) is 87.6 cm³/mol. The van der Waals surface area contributed by atoms with Crippen molar-refractivity contribution in [3.05, 3.63) is 35.6 Å². The van der Waals surface area contributed by atoms with Crippen LogP contribution in [0.25, 0.3) is 0 Å². The zero-order valence-electron chi connectivity index (χ0n) is 13.6. The van der Waals surface area contributed by atoms with E-state index in [4.69, 9.17) is 0 Å². The number of likely N-dealkylation sites (tertiary alicyclic amines) is 1. The van der Waals surface area contributed by atoms with Crippen molar-refractivity contribution in [2.45, 2.75) is 50.0 Å². The molecule has 1 N–H and O–H groups in total. The molecule has 124 valence electrons. The molecule has 23 heavy (non-hydrogen) atoms. The highest BCUT2D eigenvalue weighted by molar-refractivity contribution is 5.91. The highest BCUT2D eigenvalue weighted by atomic mass is 19.1. The van der Waals surface area contributed by atoms with E-state index in [2.05, 4.69) is 5.32 Å². The molecule has 0 unspecified atom stereocenters. The van der Waals surface area contributed by atoms with Crippen LogP contribution >= 0.6 is 0 Å². The molecule has 0 atom stereocenters. The minimum atomic E-state index is -0.359. The van der Waals surface area contributed by atoms with Crippen molar-refractivity contribution in [2.24, 2.45) is 5.92 Å². The van der Waals surface area contributed by atoms with Crippen LogP contribution in [0.4, 0.5) is 4.39 Å². The van der Waals surface area contributed by atoms with E-state index >= 15 is 0 Å². The van der Waals surface area contributed by atoms with E-state index in [0.717, 1.165) is 56.8 Å². The number of piperidine rings is 1. The Kier molecular flexibility index (Phi) is 3.88. The summed E-state index contributed by atoms with van der Waals surface area (Å²) in [7, 11) is 0.